The Morgan fingerprint density at radius 1 is 1.38 bits per heavy atom. The van der Waals surface area contributed by atoms with Crippen LogP contribution in [0.2, 0.25) is 0 Å². The molecule has 0 aliphatic rings. The van der Waals surface area contributed by atoms with Gasteiger partial charge in [-0.2, -0.15) is 0 Å². The van der Waals surface area contributed by atoms with Gasteiger partial charge in [0.2, 0.25) is 0 Å². The Hall–Kier alpha value is -1.12. The SMILES string of the molecule is COCCC(C)NC(=O)Nc1c(Br)cc(Br)cc1C(=O)O. The first-order chi connectivity index (χ1) is 9.85. The molecule has 2 amide bonds. The number of nitrogens with one attached hydrogen (secondary N) is 2. The number of rotatable bonds is 6. The number of carbonyl (C=O) groups excluding carboxylic acids is 1. The number of ether oxygens (including phenoxy) is 1. The molecule has 0 heterocycles. The van der Waals surface area contributed by atoms with Gasteiger partial charge in [-0.1, -0.05) is 15.9 Å². The summed E-state index contributed by atoms with van der Waals surface area (Å²) in [6.45, 7) is 2.37. The summed E-state index contributed by atoms with van der Waals surface area (Å²) in [5.41, 5.74) is 0.207. The zero-order chi connectivity index (χ0) is 16.0. The van der Waals surface area contributed by atoms with Gasteiger partial charge < -0.3 is 20.5 Å². The van der Waals surface area contributed by atoms with E-state index in [1.807, 2.05) is 6.92 Å². The number of amides is 2. The normalized spacial score (nSPS) is 11.8. The quantitative estimate of drug-likeness (QED) is 0.653. The van der Waals surface area contributed by atoms with Gasteiger partial charge in [-0.25, -0.2) is 9.59 Å². The van der Waals surface area contributed by atoms with Crippen LogP contribution in [0.25, 0.3) is 0 Å². The van der Waals surface area contributed by atoms with E-state index in [9.17, 15) is 14.7 Å². The highest BCUT2D eigenvalue weighted by atomic mass is 79.9. The lowest BCUT2D eigenvalue weighted by Crippen LogP contribution is -2.37. The lowest BCUT2D eigenvalue weighted by atomic mass is 10.2. The smallest absolute Gasteiger partial charge is 0.337 e. The molecule has 1 unspecified atom stereocenters. The van der Waals surface area contributed by atoms with E-state index < -0.39 is 12.0 Å². The number of urea groups is 1. The second-order valence-electron chi connectivity index (χ2n) is 4.40. The number of carboxylic acids is 1. The first-order valence-corrected chi connectivity index (χ1v) is 7.72. The third kappa shape index (κ3) is 5.64. The van der Waals surface area contributed by atoms with E-state index in [-0.39, 0.29) is 17.3 Å². The second-order valence-corrected chi connectivity index (χ2v) is 6.17. The van der Waals surface area contributed by atoms with Crippen molar-refractivity contribution in [2.24, 2.45) is 0 Å². The molecule has 0 aliphatic heterocycles. The lowest BCUT2D eigenvalue weighted by Gasteiger charge is -2.16. The fourth-order valence-electron chi connectivity index (χ4n) is 1.61. The number of methoxy groups -OCH3 is 1. The maximum Gasteiger partial charge on any atom is 0.337 e. The van der Waals surface area contributed by atoms with Crippen molar-refractivity contribution in [1.82, 2.24) is 5.32 Å². The number of hydrogen-bond donors (Lipinski definition) is 3. The van der Waals surface area contributed by atoms with Crippen LogP contribution in [-0.4, -0.2) is 36.9 Å². The molecule has 0 radical (unpaired) electrons. The van der Waals surface area contributed by atoms with E-state index in [4.69, 9.17) is 4.74 Å². The standard InChI is InChI=1S/C13H16Br2N2O4/c1-7(3-4-21-2)16-13(20)17-11-9(12(18)19)5-8(14)6-10(11)15/h5-7H,3-4H2,1-2H3,(H,18,19)(H2,16,17,20). The zero-order valence-electron chi connectivity index (χ0n) is 11.6. The Bertz CT molecular complexity index is 537. The number of carboxylic acid groups (broad SMARTS) is 1. The first-order valence-electron chi connectivity index (χ1n) is 6.14. The molecule has 1 aromatic carbocycles. The molecule has 1 rings (SSSR count). The molecule has 0 aliphatic carbocycles. The highest BCUT2D eigenvalue weighted by Crippen LogP contribution is 2.30. The fraction of sp³-hybridized carbons (Fsp3) is 0.385. The van der Waals surface area contributed by atoms with Crippen molar-refractivity contribution in [2.45, 2.75) is 19.4 Å². The minimum absolute atomic E-state index is 0.00376. The lowest BCUT2D eigenvalue weighted by molar-refractivity contribution is 0.0698. The van der Waals surface area contributed by atoms with Gasteiger partial charge in [0.05, 0.1) is 11.3 Å². The molecule has 0 spiro atoms. The third-order valence-electron chi connectivity index (χ3n) is 2.66. The van der Waals surface area contributed by atoms with Crippen molar-refractivity contribution in [3.05, 3.63) is 26.6 Å². The van der Waals surface area contributed by atoms with Gasteiger partial charge in [0.1, 0.15) is 0 Å². The Morgan fingerprint density at radius 3 is 2.62 bits per heavy atom. The van der Waals surface area contributed by atoms with Crippen LogP contribution in [0.15, 0.2) is 21.1 Å². The fourth-order valence-corrected chi connectivity index (χ4v) is 2.93. The van der Waals surface area contributed by atoms with Crippen molar-refractivity contribution in [2.75, 3.05) is 19.0 Å². The van der Waals surface area contributed by atoms with Crippen molar-refractivity contribution >= 4 is 49.5 Å². The average molecular weight is 424 g/mol. The maximum atomic E-state index is 11.9. The predicted octanol–water partition coefficient (Wildman–Crippen LogP) is 3.46. The van der Waals surface area contributed by atoms with Gasteiger partial charge in [-0.3, -0.25) is 0 Å². The third-order valence-corrected chi connectivity index (χ3v) is 3.74. The molecule has 0 saturated carbocycles. The molecule has 1 atom stereocenters. The summed E-state index contributed by atoms with van der Waals surface area (Å²) in [5, 5.41) is 14.5. The van der Waals surface area contributed by atoms with Crippen LogP contribution in [0.1, 0.15) is 23.7 Å². The Balaban J connectivity index is 2.83. The van der Waals surface area contributed by atoms with E-state index in [0.717, 1.165) is 0 Å². The molecule has 8 heteroatoms. The summed E-state index contributed by atoms with van der Waals surface area (Å²) in [7, 11) is 1.59. The molecule has 0 saturated heterocycles. The molecule has 21 heavy (non-hydrogen) atoms. The minimum Gasteiger partial charge on any atom is -0.478 e. The van der Waals surface area contributed by atoms with E-state index in [1.54, 1.807) is 13.2 Å². The molecule has 3 N–H and O–H groups in total. The van der Waals surface area contributed by atoms with Crippen molar-refractivity contribution in [3.8, 4) is 0 Å². The highest BCUT2D eigenvalue weighted by Gasteiger charge is 2.17. The van der Waals surface area contributed by atoms with Gasteiger partial charge >= 0.3 is 12.0 Å². The van der Waals surface area contributed by atoms with Crippen LogP contribution in [0.4, 0.5) is 10.5 Å². The Labute approximate surface area is 139 Å². The summed E-state index contributed by atoms with van der Waals surface area (Å²) in [4.78, 5) is 23.2. The van der Waals surface area contributed by atoms with E-state index in [2.05, 4.69) is 42.5 Å². The van der Waals surface area contributed by atoms with Gasteiger partial charge in [0, 0.05) is 28.7 Å². The molecule has 1 aromatic rings. The van der Waals surface area contributed by atoms with Gasteiger partial charge in [-0.15, -0.1) is 0 Å². The number of benzene rings is 1. The second kappa shape index (κ2) is 8.35. The van der Waals surface area contributed by atoms with Crippen LogP contribution in [0, 0.1) is 0 Å². The van der Waals surface area contributed by atoms with E-state index >= 15 is 0 Å². The Kier molecular flexibility index (Phi) is 7.13. The number of aromatic carboxylic acids is 1. The summed E-state index contributed by atoms with van der Waals surface area (Å²) >= 11 is 6.46. The number of carbonyl (C=O) groups is 2. The van der Waals surface area contributed by atoms with Crippen molar-refractivity contribution < 1.29 is 19.4 Å². The van der Waals surface area contributed by atoms with Crippen LogP contribution < -0.4 is 10.6 Å². The van der Waals surface area contributed by atoms with Crippen molar-refractivity contribution in [1.29, 1.82) is 0 Å². The monoisotopic (exact) mass is 422 g/mol. The molecule has 116 valence electrons. The van der Waals surface area contributed by atoms with E-state index in [1.165, 1.54) is 6.07 Å². The first kappa shape index (κ1) is 17.9. The summed E-state index contributed by atoms with van der Waals surface area (Å²) in [5.74, 6) is -1.13. The molecular weight excluding hydrogens is 408 g/mol. The average Bonchev–Trinajstić information content (AvgIpc) is 2.38. The van der Waals surface area contributed by atoms with Crippen LogP contribution >= 0.6 is 31.9 Å². The van der Waals surface area contributed by atoms with Gasteiger partial charge in [-0.05, 0) is 41.4 Å². The number of halogens is 2. The number of hydrogen-bond acceptors (Lipinski definition) is 3. The van der Waals surface area contributed by atoms with E-state index in [0.29, 0.717) is 22.0 Å². The van der Waals surface area contributed by atoms with Gasteiger partial charge in [0.15, 0.2) is 0 Å². The molecule has 0 bridgehead atoms. The van der Waals surface area contributed by atoms with Crippen LogP contribution in [0.5, 0.6) is 0 Å². The Morgan fingerprint density at radius 2 is 2.05 bits per heavy atom. The molecular formula is C13H16Br2N2O4. The van der Waals surface area contributed by atoms with Gasteiger partial charge in [0.25, 0.3) is 0 Å². The summed E-state index contributed by atoms with van der Waals surface area (Å²) in [6.07, 6.45) is 0.664. The summed E-state index contributed by atoms with van der Waals surface area (Å²) < 4.78 is 6.02. The number of anilines is 1. The molecule has 6 nitrogen and oxygen atoms in total. The highest BCUT2D eigenvalue weighted by molar-refractivity contribution is 9.11. The topological polar surface area (TPSA) is 87.7 Å². The largest absolute Gasteiger partial charge is 0.478 e. The van der Waals surface area contributed by atoms with Crippen molar-refractivity contribution in [3.63, 3.8) is 0 Å². The molecule has 0 fully saturated rings. The molecule has 0 aromatic heterocycles. The minimum atomic E-state index is -1.13. The van der Waals surface area contributed by atoms with Crippen LogP contribution in [-0.2, 0) is 4.74 Å². The zero-order valence-corrected chi connectivity index (χ0v) is 14.7. The maximum absolute atomic E-state index is 11.9. The predicted molar refractivity (Wildman–Crippen MR) is 86.9 cm³/mol. The summed E-state index contributed by atoms with van der Waals surface area (Å²) in [6, 6.07) is 2.53. The van der Waals surface area contributed by atoms with Crippen LogP contribution in [0.3, 0.4) is 0 Å².